The van der Waals surface area contributed by atoms with Gasteiger partial charge in [0.1, 0.15) is 24.9 Å². The molecule has 3 aromatic rings. The summed E-state index contributed by atoms with van der Waals surface area (Å²) in [7, 11) is 2.08. The van der Waals surface area contributed by atoms with E-state index in [4.69, 9.17) is 37.4 Å². The average molecular weight is 463 g/mol. The standard InChI is InChI=1S/C22H24Cl2N4O3/c1-3-29-20-9-16-19(10-21(20)31-12-15-11-28(2)6-7-30-15)25-13-26-22(16)27-14-4-5-17(23)18(24)8-14/h4-5,8-10,13,15H,3,6-7,11-12H2,1-2H3,(H,25,26,27). The highest BCUT2D eigenvalue weighted by Crippen LogP contribution is 2.36. The number of anilines is 2. The van der Waals surface area contributed by atoms with Crippen molar-refractivity contribution in [3.63, 3.8) is 0 Å². The molecular weight excluding hydrogens is 439 g/mol. The first-order valence-electron chi connectivity index (χ1n) is 10.1. The fourth-order valence-electron chi connectivity index (χ4n) is 3.41. The number of morpholine rings is 1. The largest absolute Gasteiger partial charge is 0.490 e. The second-order valence-electron chi connectivity index (χ2n) is 7.29. The van der Waals surface area contributed by atoms with E-state index < -0.39 is 0 Å². The molecule has 0 spiro atoms. The summed E-state index contributed by atoms with van der Waals surface area (Å²) in [4.78, 5) is 11.0. The van der Waals surface area contributed by atoms with Gasteiger partial charge in [0, 0.05) is 30.2 Å². The Bertz CT molecular complexity index is 1070. The summed E-state index contributed by atoms with van der Waals surface area (Å²) in [6.45, 7) is 5.35. The van der Waals surface area contributed by atoms with Gasteiger partial charge >= 0.3 is 0 Å². The van der Waals surface area contributed by atoms with Crippen LogP contribution in [0.4, 0.5) is 11.5 Å². The van der Waals surface area contributed by atoms with Gasteiger partial charge in [-0.2, -0.15) is 0 Å². The molecule has 0 aliphatic carbocycles. The van der Waals surface area contributed by atoms with Gasteiger partial charge in [0.05, 0.1) is 28.8 Å². The number of likely N-dealkylation sites (N-methyl/N-ethyl adjacent to an activating group) is 1. The lowest BCUT2D eigenvalue weighted by atomic mass is 10.2. The summed E-state index contributed by atoms with van der Waals surface area (Å²) in [6, 6.07) is 9.08. The smallest absolute Gasteiger partial charge is 0.163 e. The van der Waals surface area contributed by atoms with E-state index in [1.54, 1.807) is 12.1 Å². The first kappa shape index (κ1) is 21.9. The van der Waals surface area contributed by atoms with Crippen LogP contribution in [-0.2, 0) is 4.74 Å². The third-order valence-electron chi connectivity index (χ3n) is 4.95. The summed E-state index contributed by atoms with van der Waals surface area (Å²) >= 11 is 12.2. The van der Waals surface area contributed by atoms with Crippen LogP contribution in [-0.4, -0.2) is 60.9 Å². The molecular formula is C22H24Cl2N4O3. The van der Waals surface area contributed by atoms with Gasteiger partial charge in [-0.05, 0) is 38.2 Å². The fraction of sp³-hybridized carbons (Fsp3) is 0.364. The van der Waals surface area contributed by atoms with Gasteiger partial charge < -0.3 is 24.4 Å². The zero-order chi connectivity index (χ0) is 21.8. The van der Waals surface area contributed by atoms with Crippen molar-refractivity contribution in [2.24, 2.45) is 0 Å². The molecule has 1 atom stereocenters. The number of halogens is 2. The van der Waals surface area contributed by atoms with Crippen LogP contribution in [0.25, 0.3) is 10.9 Å². The highest BCUT2D eigenvalue weighted by atomic mass is 35.5. The number of ether oxygens (including phenoxy) is 3. The van der Waals surface area contributed by atoms with Gasteiger partial charge in [0.15, 0.2) is 11.5 Å². The molecule has 0 amide bonds. The Hall–Kier alpha value is -2.32. The van der Waals surface area contributed by atoms with Crippen LogP contribution in [0.5, 0.6) is 11.5 Å². The zero-order valence-electron chi connectivity index (χ0n) is 17.4. The van der Waals surface area contributed by atoms with E-state index in [0.717, 1.165) is 29.7 Å². The molecule has 2 aromatic carbocycles. The summed E-state index contributed by atoms with van der Waals surface area (Å²) in [5.74, 6) is 1.89. The van der Waals surface area contributed by atoms with E-state index in [-0.39, 0.29) is 6.10 Å². The number of nitrogens with zero attached hydrogens (tertiary/aromatic N) is 3. The van der Waals surface area contributed by atoms with Crippen molar-refractivity contribution < 1.29 is 14.2 Å². The highest BCUT2D eigenvalue weighted by Gasteiger charge is 2.20. The van der Waals surface area contributed by atoms with Gasteiger partial charge in [-0.1, -0.05) is 23.2 Å². The quantitative estimate of drug-likeness (QED) is 0.541. The molecule has 7 nitrogen and oxygen atoms in total. The monoisotopic (exact) mass is 462 g/mol. The van der Waals surface area contributed by atoms with Crippen LogP contribution in [0, 0.1) is 0 Å². The Morgan fingerprint density at radius 3 is 2.74 bits per heavy atom. The van der Waals surface area contributed by atoms with Crippen molar-refractivity contribution in [1.29, 1.82) is 0 Å². The van der Waals surface area contributed by atoms with E-state index in [2.05, 4.69) is 27.2 Å². The van der Waals surface area contributed by atoms with Crippen LogP contribution < -0.4 is 14.8 Å². The molecule has 1 unspecified atom stereocenters. The Morgan fingerprint density at radius 1 is 1.13 bits per heavy atom. The molecule has 0 bridgehead atoms. The Morgan fingerprint density at radius 2 is 1.97 bits per heavy atom. The molecule has 4 rings (SSSR count). The van der Waals surface area contributed by atoms with Crippen LogP contribution >= 0.6 is 23.2 Å². The maximum absolute atomic E-state index is 6.14. The topological polar surface area (TPSA) is 68.7 Å². The zero-order valence-corrected chi connectivity index (χ0v) is 18.9. The molecule has 1 saturated heterocycles. The molecule has 1 fully saturated rings. The van der Waals surface area contributed by atoms with Crippen LogP contribution in [0.15, 0.2) is 36.7 Å². The third kappa shape index (κ3) is 5.30. The number of benzene rings is 2. The molecule has 1 aliphatic heterocycles. The summed E-state index contributed by atoms with van der Waals surface area (Å²) in [5, 5.41) is 5.04. The predicted molar refractivity (Wildman–Crippen MR) is 123 cm³/mol. The Balaban J connectivity index is 1.61. The van der Waals surface area contributed by atoms with E-state index in [1.807, 2.05) is 25.1 Å². The predicted octanol–water partition coefficient (Wildman–Crippen LogP) is 4.79. The van der Waals surface area contributed by atoms with Crippen molar-refractivity contribution in [1.82, 2.24) is 14.9 Å². The SMILES string of the molecule is CCOc1cc2c(Nc3ccc(Cl)c(Cl)c3)ncnc2cc1OCC1CN(C)CCO1. The molecule has 9 heteroatoms. The van der Waals surface area contributed by atoms with Gasteiger partial charge in [0.25, 0.3) is 0 Å². The highest BCUT2D eigenvalue weighted by molar-refractivity contribution is 6.42. The minimum Gasteiger partial charge on any atom is -0.490 e. The molecule has 2 heterocycles. The molecule has 0 saturated carbocycles. The Kier molecular flexibility index (Phi) is 6.97. The summed E-state index contributed by atoms with van der Waals surface area (Å²) < 4.78 is 17.7. The van der Waals surface area contributed by atoms with Gasteiger partial charge in [-0.25, -0.2) is 9.97 Å². The number of fused-ring (bicyclic) bond motifs is 1. The van der Waals surface area contributed by atoms with Crippen LogP contribution in [0.2, 0.25) is 10.0 Å². The minimum atomic E-state index is 0.0150. The molecule has 1 N–H and O–H groups in total. The van der Waals surface area contributed by atoms with E-state index >= 15 is 0 Å². The summed E-state index contributed by atoms with van der Waals surface area (Å²) in [6.07, 6.45) is 1.52. The number of rotatable bonds is 7. The normalized spacial score (nSPS) is 17.0. The molecule has 0 radical (unpaired) electrons. The number of hydrogen-bond acceptors (Lipinski definition) is 7. The lowest BCUT2D eigenvalue weighted by molar-refractivity contribution is -0.0406. The van der Waals surface area contributed by atoms with Gasteiger partial charge in [-0.15, -0.1) is 0 Å². The average Bonchev–Trinajstić information content (AvgIpc) is 2.75. The first-order valence-corrected chi connectivity index (χ1v) is 10.9. The van der Waals surface area contributed by atoms with Crippen molar-refractivity contribution in [3.8, 4) is 11.5 Å². The van der Waals surface area contributed by atoms with E-state index in [1.165, 1.54) is 6.33 Å². The number of hydrogen-bond donors (Lipinski definition) is 1. The summed E-state index contributed by atoms with van der Waals surface area (Å²) in [5.41, 5.74) is 1.50. The lowest BCUT2D eigenvalue weighted by Crippen LogP contribution is -2.42. The maximum Gasteiger partial charge on any atom is 0.163 e. The molecule has 31 heavy (non-hydrogen) atoms. The van der Waals surface area contributed by atoms with Crippen molar-refractivity contribution >= 4 is 45.6 Å². The van der Waals surface area contributed by atoms with Gasteiger partial charge in [0.2, 0.25) is 0 Å². The van der Waals surface area contributed by atoms with Crippen molar-refractivity contribution in [3.05, 3.63) is 46.7 Å². The lowest BCUT2D eigenvalue weighted by Gasteiger charge is -2.30. The molecule has 1 aliphatic rings. The molecule has 1 aromatic heterocycles. The minimum absolute atomic E-state index is 0.0150. The second-order valence-corrected chi connectivity index (χ2v) is 8.11. The maximum atomic E-state index is 6.14. The van der Waals surface area contributed by atoms with Crippen molar-refractivity contribution in [2.45, 2.75) is 13.0 Å². The van der Waals surface area contributed by atoms with Crippen molar-refractivity contribution in [2.75, 3.05) is 45.3 Å². The molecule has 164 valence electrons. The van der Waals surface area contributed by atoms with Crippen LogP contribution in [0.1, 0.15) is 6.92 Å². The van der Waals surface area contributed by atoms with Gasteiger partial charge in [-0.3, -0.25) is 0 Å². The van der Waals surface area contributed by atoms with Crippen LogP contribution in [0.3, 0.4) is 0 Å². The number of nitrogens with one attached hydrogen (secondary N) is 1. The third-order valence-corrected chi connectivity index (χ3v) is 5.69. The number of aromatic nitrogens is 2. The van der Waals surface area contributed by atoms with E-state index in [9.17, 15) is 0 Å². The Labute approximate surface area is 191 Å². The van der Waals surface area contributed by atoms with E-state index in [0.29, 0.717) is 47.2 Å². The second kappa shape index (κ2) is 9.87. The fourth-order valence-corrected chi connectivity index (χ4v) is 3.70. The first-order chi connectivity index (χ1) is 15.0.